The van der Waals surface area contributed by atoms with E-state index in [0.717, 1.165) is 13.0 Å². The molecule has 3 atom stereocenters. The molecule has 0 aliphatic carbocycles. The SMILES string of the molecule is CCOC(=O)[C@@H]1C[C@@H]2CCNC[C@@H]2N1C(=O)OC(C)(C)C. The molecule has 0 radical (unpaired) electrons. The maximum atomic E-state index is 12.5. The Morgan fingerprint density at radius 2 is 2.05 bits per heavy atom. The highest BCUT2D eigenvalue weighted by atomic mass is 16.6. The average molecular weight is 298 g/mol. The Morgan fingerprint density at radius 3 is 2.67 bits per heavy atom. The Hall–Kier alpha value is -1.30. The van der Waals surface area contributed by atoms with Gasteiger partial charge in [0.15, 0.2) is 0 Å². The molecule has 120 valence electrons. The highest BCUT2D eigenvalue weighted by molar-refractivity contribution is 5.82. The number of hydrogen-bond donors (Lipinski definition) is 1. The van der Waals surface area contributed by atoms with Crippen LogP contribution in [0.3, 0.4) is 0 Å². The third kappa shape index (κ3) is 3.67. The van der Waals surface area contributed by atoms with E-state index in [-0.39, 0.29) is 12.0 Å². The molecule has 0 aromatic heterocycles. The smallest absolute Gasteiger partial charge is 0.411 e. The van der Waals surface area contributed by atoms with Crippen LogP contribution in [0.4, 0.5) is 4.79 Å². The van der Waals surface area contributed by atoms with Gasteiger partial charge in [-0.1, -0.05) is 0 Å². The Morgan fingerprint density at radius 1 is 1.33 bits per heavy atom. The van der Waals surface area contributed by atoms with Crippen molar-refractivity contribution >= 4 is 12.1 Å². The molecule has 21 heavy (non-hydrogen) atoms. The van der Waals surface area contributed by atoms with Crippen LogP contribution in [0.15, 0.2) is 0 Å². The Balaban J connectivity index is 2.18. The minimum Gasteiger partial charge on any atom is -0.464 e. The van der Waals surface area contributed by atoms with Gasteiger partial charge in [0.1, 0.15) is 11.6 Å². The van der Waals surface area contributed by atoms with Crippen LogP contribution in [0.5, 0.6) is 0 Å². The standard InChI is InChI=1S/C15H26N2O4/c1-5-20-13(18)11-8-10-6-7-16-9-12(10)17(11)14(19)21-15(2,3)4/h10-12,16H,5-9H2,1-4H3/t10-,11-,12-/m0/s1. The normalized spacial score (nSPS) is 29.0. The second kappa shape index (κ2) is 6.22. The number of ether oxygens (including phenoxy) is 2. The molecule has 0 unspecified atom stereocenters. The molecule has 2 saturated heterocycles. The maximum absolute atomic E-state index is 12.5. The van der Waals surface area contributed by atoms with Gasteiger partial charge in [-0.15, -0.1) is 0 Å². The number of rotatable bonds is 2. The van der Waals surface area contributed by atoms with Crippen LogP contribution < -0.4 is 5.32 Å². The molecule has 6 nitrogen and oxygen atoms in total. The van der Waals surface area contributed by atoms with Crippen LogP contribution in [-0.2, 0) is 14.3 Å². The van der Waals surface area contributed by atoms with E-state index in [2.05, 4.69) is 5.32 Å². The van der Waals surface area contributed by atoms with Gasteiger partial charge in [-0.25, -0.2) is 9.59 Å². The lowest BCUT2D eigenvalue weighted by atomic mass is 9.92. The fourth-order valence-electron chi connectivity index (χ4n) is 3.15. The van der Waals surface area contributed by atoms with Gasteiger partial charge in [-0.05, 0) is 53.0 Å². The maximum Gasteiger partial charge on any atom is 0.411 e. The molecule has 2 fully saturated rings. The zero-order valence-corrected chi connectivity index (χ0v) is 13.3. The number of esters is 1. The van der Waals surface area contributed by atoms with E-state index in [1.165, 1.54) is 0 Å². The summed E-state index contributed by atoms with van der Waals surface area (Å²) in [5.41, 5.74) is -0.573. The van der Waals surface area contributed by atoms with Crippen LogP contribution in [0, 0.1) is 5.92 Å². The van der Waals surface area contributed by atoms with E-state index < -0.39 is 17.7 Å². The third-order valence-corrected chi connectivity index (χ3v) is 3.97. The van der Waals surface area contributed by atoms with Crippen molar-refractivity contribution in [1.82, 2.24) is 10.2 Å². The summed E-state index contributed by atoms with van der Waals surface area (Å²) in [6, 6.07) is -0.502. The number of amides is 1. The van der Waals surface area contributed by atoms with Crippen molar-refractivity contribution in [1.29, 1.82) is 0 Å². The number of fused-ring (bicyclic) bond motifs is 1. The van der Waals surface area contributed by atoms with Crippen LogP contribution in [0.1, 0.15) is 40.5 Å². The van der Waals surface area contributed by atoms with Gasteiger partial charge in [-0.2, -0.15) is 0 Å². The summed E-state index contributed by atoms with van der Waals surface area (Å²) in [4.78, 5) is 26.3. The Bertz CT molecular complexity index is 405. The van der Waals surface area contributed by atoms with Crippen LogP contribution >= 0.6 is 0 Å². The number of nitrogens with zero attached hydrogens (tertiary/aromatic N) is 1. The largest absolute Gasteiger partial charge is 0.464 e. The van der Waals surface area contributed by atoms with Gasteiger partial charge in [0.05, 0.1) is 12.6 Å². The van der Waals surface area contributed by atoms with E-state index in [4.69, 9.17) is 9.47 Å². The fraction of sp³-hybridized carbons (Fsp3) is 0.867. The molecule has 2 heterocycles. The molecular weight excluding hydrogens is 272 g/mol. The summed E-state index contributed by atoms with van der Waals surface area (Å²) in [5.74, 6) is 0.0194. The van der Waals surface area contributed by atoms with E-state index in [9.17, 15) is 9.59 Å². The van der Waals surface area contributed by atoms with Crippen LogP contribution in [0.2, 0.25) is 0 Å². The highest BCUT2D eigenvalue weighted by Gasteiger charge is 2.49. The van der Waals surface area contributed by atoms with Crippen molar-refractivity contribution in [3.8, 4) is 0 Å². The van der Waals surface area contributed by atoms with Crippen molar-refractivity contribution in [3.63, 3.8) is 0 Å². The van der Waals surface area contributed by atoms with E-state index in [1.54, 1.807) is 11.8 Å². The first-order valence-electron chi connectivity index (χ1n) is 7.72. The topological polar surface area (TPSA) is 67.9 Å². The van der Waals surface area contributed by atoms with Gasteiger partial charge in [0.25, 0.3) is 0 Å². The second-order valence-electron chi connectivity index (χ2n) is 6.71. The number of likely N-dealkylation sites (tertiary alicyclic amines) is 1. The third-order valence-electron chi connectivity index (χ3n) is 3.97. The van der Waals surface area contributed by atoms with Crippen molar-refractivity contribution in [2.75, 3.05) is 19.7 Å². The summed E-state index contributed by atoms with van der Waals surface area (Å²) >= 11 is 0. The number of hydrogen-bond acceptors (Lipinski definition) is 5. The summed E-state index contributed by atoms with van der Waals surface area (Å²) in [5, 5.41) is 3.29. The zero-order chi connectivity index (χ0) is 15.6. The molecule has 2 aliphatic rings. The van der Waals surface area contributed by atoms with Crippen molar-refractivity contribution in [2.24, 2.45) is 5.92 Å². The van der Waals surface area contributed by atoms with Crippen LogP contribution in [-0.4, -0.2) is 54.3 Å². The first-order chi connectivity index (χ1) is 9.83. The zero-order valence-electron chi connectivity index (χ0n) is 13.3. The molecule has 1 N–H and O–H groups in total. The van der Waals surface area contributed by atoms with Gasteiger partial charge >= 0.3 is 12.1 Å². The summed E-state index contributed by atoms with van der Waals surface area (Å²) in [6.45, 7) is 9.23. The van der Waals surface area contributed by atoms with Gasteiger partial charge in [-0.3, -0.25) is 4.90 Å². The molecule has 0 aromatic carbocycles. The highest BCUT2D eigenvalue weighted by Crippen LogP contribution is 2.35. The van der Waals surface area contributed by atoms with Crippen LogP contribution in [0.25, 0.3) is 0 Å². The number of carbonyl (C=O) groups is 2. The molecule has 0 aromatic rings. The minimum absolute atomic E-state index is 0.0167. The van der Waals surface area contributed by atoms with Gasteiger partial charge < -0.3 is 14.8 Å². The lowest BCUT2D eigenvalue weighted by Crippen LogP contribution is -2.53. The average Bonchev–Trinajstić information content (AvgIpc) is 2.76. The Kier molecular flexibility index (Phi) is 4.76. The number of piperidine rings is 1. The van der Waals surface area contributed by atoms with E-state index in [1.807, 2.05) is 20.8 Å². The summed E-state index contributed by atoms with van der Waals surface area (Å²) in [6.07, 6.45) is 1.22. The van der Waals surface area contributed by atoms with E-state index in [0.29, 0.717) is 25.5 Å². The molecule has 2 rings (SSSR count). The first kappa shape index (κ1) is 16.1. The molecule has 0 spiro atoms. The molecule has 0 saturated carbocycles. The monoisotopic (exact) mass is 298 g/mol. The summed E-state index contributed by atoms with van der Waals surface area (Å²) in [7, 11) is 0. The van der Waals surface area contributed by atoms with Crippen molar-refractivity contribution < 1.29 is 19.1 Å². The number of carbonyl (C=O) groups excluding carboxylic acids is 2. The first-order valence-corrected chi connectivity index (χ1v) is 7.72. The van der Waals surface area contributed by atoms with Crippen molar-refractivity contribution in [3.05, 3.63) is 0 Å². The lowest BCUT2D eigenvalue weighted by molar-refractivity contribution is -0.148. The Labute approximate surface area is 126 Å². The fourth-order valence-corrected chi connectivity index (χ4v) is 3.15. The molecule has 0 bridgehead atoms. The molecule has 2 aliphatic heterocycles. The molecule has 6 heteroatoms. The van der Waals surface area contributed by atoms with Gasteiger partial charge in [0, 0.05) is 6.54 Å². The van der Waals surface area contributed by atoms with Crippen molar-refractivity contribution in [2.45, 2.75) is 58.2 Å². The van der Waals surface area contributed by atoms with E-state index >= 15 is 0 Å². The molecular formula is C15H26N2O4. The lowest BCUT2D eigenvalue weighted by Gasteiger charge is -2.34. The number of nitrogens with one attached hydrogen (secondary N) is 1. The predicted octanol–water partition coefficient (Wildman–Crippen LogP) is 1.54. The van der Waals surface area contributed by atoms with Gasteiger partial charge in [0.2, 0.25) is 0 Å². The minimum atomic E-state index is -0.573. The quantitative estimate of drug-likeness (QED) is 0.783. The summed E-state index contributed by atoms with van der Waals surface area (Å²) < 4.78 is 10.6. The molecule has 1 amide bonds. The predicted molar refractivity (Wildman–Crippen MR) is 77.9 cm³/mol. The second-order valence-corrected chi connectivity index (χ2v) is 6.71.